The summed E-state index contributed by atoms with van der Waals surface area (Å²) in [6.45, 7) is 0. The van der Waals surface area contributed by atoms with Crippen LogP contribution in [0.25, 0.3) is 94.7 Å². The molecule has 0 saturated carbocycles. The van der Waals surface area contributed by atoms with Crippen molar-refractivity contribution in [2.45, 2.75) is 0 Å². The molecule has 0 unspecified atom stereocenters. The highest BCUT2D eigenvalue weighted by Gasteiger charge is 2.22. The van der Waals surface area contributed by atoms with Crippen molar-refractivity contribution in [3.05, 3.63) is 140 Å². The van der Waals surface area contributed by atoms with Gasteiger partial charge < -0.3 is 4.42 Å². The lowest BCUT2D eigenvalue weighted by Crippen LogP contribution is -2.55. The number of rotatable bonds is 5. The zero-order chi connectivity index (χ0) is 37.4. The quantitative estimate of drug-likeness (QED) is 0.224. The van der Waals surface area contributed by atoms with Gasteiger partial charge in [-0.1, -0.05) is 114 Å². The number of hydrogen-bond acceptors (Lipinski definition) is 4. The van der Waals surface area contributed by atoms with Crippen LogP contribution in [0.2, 0.25) is 0 Å². The largest absolute Gasteiger partial charge is 0.456 e. The summed E-state index contributed by atoms with van der Waals surface area (Å²) in [6.07, 6.45) is 0. The number of hydrogen-bond donors (Lipinski definition) is 0. The van der Waals surface area contributed by atoms with E-state index in [9.17, 15) is 0 Å². The highest BCUT2D eigenvalue weighted by molar-refractivity contribution is 6.69. The molecule has 3 heterocycles. The van der Waals surface area contributed by atoms with Crippen molar-refractivity contribution < 1.29 is 4.42 Å². The van der Waals surface area contributed by atoms with Crippen molar-refractivity contribution in [1.82, 2.24) is 19.5 Å². The molecule has 10 rings (SSSR count). The Morgan fingerprint density at radius 3 is 1.65 bits per heavy atom. The Hall–Kier alpha value is -6.53. The Kier molecular flexibility index (Phi) is 7.70. The van der Waals surface area contributed by atoms with E-state index in [4.69, 9.17) is 58.6 Å². The molecule has 0 amide bonds. The fourth-order valence-corrected chi connectivity index (χ4v) is 7.62. The second kappa shape index (κ2) is 12.8. The van der Waals surface area contributed by atoms with E-state index in [-0.39, 0.29) is 27.3 Å². The smallest absolute Gasteiger partial charge is 0.238 e. The molecule has 10 aromatic rings. The van der Waals surface area contributed by atoms with Crippen molar-refractivity contribution in [3.63, 3.8) is 0 Å². The van der Waals surface area contributed by atoms with Gasteiger partial charge in [-0.2, -0.15) is 9.97 Å². The summed E-state index contributed by atoms with van der Waals surface area (Å²) in [5.74, 6) is 1.44. The van der Waals surface area contributed by atoms with Crippen molar-refractivity contribution >= 4 is 110 Å². The van der Waals surface area contributed by atoms with Crippen molar-refractivity contribution in [2.24, 2.45) is 0 Å². The van der Waals surface area contributed by atoms with E-state index in [1.54, 1.807) is 0 Å². The van der Waals surface area contributed by atoms with E-state index in [1.165, 1.54) is 0 Å². The summed E-state index contributed by atoms with van der Waals surface area (Å²) in [5, 5.41) is 3.85. The topological polar surface area (TPSA) is 56.7 Å². The average Bonchev–Trinajstić information content (AvgIpc) is 3.78. The highest BCUT2D eigenvalue weighted by Crippen LogP contribution is 2.38. The number of fused-ring (bicyclic) bond motifs is 6. The fraction of sp³-hybridized carbons (Fsp3) is 0. The van der Waals surface area contributed by atoms with E-state index < -0.39 is 0 Å². The lowest BCUT2D eigenvalue weighted by molar-refractivity contribution is 0.669. The first-order valence-corrected chi connectivity index (χ1v) is 17.7. The van der Waals surface area contributed by atoms with Gasteiger partial charge in [0.1, 0.15) is 50.4 Å². The molecule has 0 atom stereocenters. The first kappa shape index (κ1) is 33.1. The normalized spacial score (nSPS) is 11.6. The molecule has 0 saturated heterocycles. The van der Waals surface area contributed by atoms with Gasteiger partial charge in [0.05, 0.1) is 11.0 Å². The molecule has 0 fully saturated rings. The van der Waals surface area contributed by atoms with Gasteiger partial charge in [0, 0.05) is 32.7 Å². The summed E-state index contributed by atoms with van der Waals surface area (Å²) in [4.78, 5) is 15.3. The third kappa shape index (κ3) is 5.27. The minimum Gasteiger partial charge on any atom is -0.456 e. The minimum atomic E-state index is 0.164. The van der Waals surface area contributed by atoms with Crippen molar-refractivity contribution in [2.75, 3.05) is 0 Å². The third-order valence-electron chi connectivity index (χ3n) is 10.4. The van der Waals surface area contributed by atoms with Crippen LogP contribution >= 0.6 is 0 Å². The van der Waals surface area contributed by atoms with Gasteiger partial charge in [-0.25, -0.2) is 4.98 Å². The van der Waals surface area contributed by atoms with Crippen LogP contribution in [0.4, 0.5) is 0 Å². The molecule has 0 bridgehead atoms. The average molecular weight is 690 g/mol. The maximum absolute atomic E-state index is 6.62. The zero-order valence-corrected chi connectivity index (χ0v) is 29.4. The van der Waals surface area contributed by atoms with Crippen molar-refractivity contribution in [3.8, 4) is 51.0 Å². The van der Waals surface area contributed by atoms with Gasteiger partial charge in [-0.3, -0.25) is 4.57 Å². The molecule has 10 radical (unpaired) electrons. The number of aromatic nitrogens is 4. The predicted octanol–water partition coefficient (Wildman–Crippen LogP) is 5.51. The number of benzene rings is 7. The highest BCUT2D eigenvalue weighted by atomic mass is 16.3. The van der Waals surface area contributed by atoms with Gasteiger partial charge in [-0.15, -0.1) is 16.4 Å². The Bertz CT molecular complexity index is 3130. The first-order chi connectivity index (χ1) is 26.9. The third-order valence-corrected chi connectivity index (χ3v) is 10.4. The molecule has 10 heteroatoms. The molecule has 0 spiro atoms. The van der Waals surface area contributed by atoms with Gasteiger partial charge in [0.15, 0.2) is 11.6 Å². The summed E-state index contributed by atoms with van der Waals surface area (Å²) in [6, 6.07) is 46.5. The summed E-state index contributed by atoms with van der Waals surface area (Å²) in [5.41, 5.74) is 9.43. The lowest BCUT2D eigenvalue weighted by atomic mass is 9.59. The number of para-hydroxylation sites is 1. The lowest BCUT2D eigenvalue weighted by Gasteiger charge is -2.22. The van der Waals surface area contributed by atoms with Crippen molar-refractivity contribution in [1.29, 1.82) is 0 Å². The van der Waals surface area contributed by atoms with E-state index in [0.717, 1.165) is 71.6 Å². The van der Waals surface area contributed by atoms with Crippen LogP contribution in [-0.4, -0.2) is 58.8 Å². The molecule has 0 aliphatic carbocycles. The number of furan rings is 1. The van der Waals surface area contributed by atoms with Crippen LogP contribution < -0.4 is 27.3 Å². The van der Waals surface area contributed by atoms with E-state index in [0.29, 0.717) is 23.2 Å². The Labute approximate surface area is 323 Å². The Morgan fingerprint density at radius 1 is 0.418 bits per heavy atom. The summed E-state index contributed by atoms with van der Waals surface area (Å²) < 4.78 is 8.52. The van der Waals surface area contributed by atoms with Gasteiger partial charge in [0.2, 0.25) is 5.95 Å². The fourth-order valence-electron chi connectivity index (χ4n) is 7.62. The summed E-state index contributed by atoms with van der Waals surface area (Å²) >= 11 is 0. The molecule has 0 aliphatic heterocycles. The maximum atomic E-state index is 6.62. The van der Waals surface area contributed by atoms with Crippen LogP contribution in [-0.2, 0) is 0 Å². The van der Waals surface area contributed by atoms with E-state index >= 15 is 0 Å². The molecule has 3 aromatic heterocycles. The SMILES string of the molecule is [B]c1c([B])c([B])c(-c2cccc3c2c2ccccc2n3-c2nc(-c3ccccc3)nc(-c3ccc4c(c3)oc3cc(-c5ccccc5)ccc34)n2)c([B])c1[B]. The summed E-state index contributed by atoms with van der Waals surface area (Å²) in [7, 11) is 32.1. The molecule has 244 valence electrons. The molecule has 5 nitrogen and oxygen atoms in total. The van der Waals surface area contributed by atoms with Gasteiger partial charge in [-0.05, 0) is 58.7 Å². The second-order valence-electron chi connectivity index (χ2n) is 13.5. The Morgan fingerprint density at radius 2 is 0.964 bits per heavy atom. The zero-order valence-electron chi connectivity index (χ0n) is 29.4. The molecular formula is C45H23B5N4O. The van der Waals surface area contributed by atoms with Crippen LogP contribution in [0.1, 0.15) is 0 Å². The van der Waals surface area contributed by atoms with Crippen LogP contribution in [0.3, 0.4) is 0 Å². The maximum Gasteiger partial charge on any atom is 0.238 e. The molecule has 0 N–H and O–H groups in total. The second-order valence-corrected chi connectivity index (χ2v) is 13.5. The van der Waals surface area contributed by atoms with Gasteiger partial charge >= 0.3 is 0 Å². The standard InChI is InChI=1S/C45H23B5N4O/c46-38-37(39(47)41(49)42(50)40(38)48)31-15-9-17-33-36(31)30-14-7-8-16-32(30)54(33)45-52-43(25-12-5-2-6-13-25)51-44(53-45)27-19-21-29-28-20-18-26(24-10-3-1-4-11-24)22-34(28)55-35(29)23-27/h1-23H. The first-order valence-electron chi connectivity index (χ1n) is 17.7. The van der Waals surface area contributed by atoms with E-state index in [2.05, 4.69) is 36.4 Å². The monoisotopic (exact) mass is 690 g/mol. The molecule has 7 aromatic carbocycles. The van der Waals surface area contributed by atoms with Crippen LogP contribution in [0.5, 0.6) is 0 Å². The van der Waals surface area contributed by atoms with Crippen LogP contribution in [0, 0.1) is 0 Å². The molecule has 0 aliphatic rings. The minimum absolute atomic E-state index is 0.164. The Balaban J connectivity index is 1.20. The number of nitrogens with zero attached hydrogens (tertiary/aromatic N) is 4. The van der Waals surface area contributed by atoms with Crippen LogP contribution in [0.15, 0.2) is 144 Å². The molecule has 55 heavy (non-hydrogen) atoms. The molecular weight excluding hydrogens is 667 g/mol. The predicted molar refractivity (Wildman–Crippen MR) is 230 cm³/mol. The van der Waals surface area contributed by atoms with Gasteiger partial charge in [0.25, 0.3) is 0 Å². The van der Waals surface area contributed by atoms with E-state index in [1.807, 2.05) is 108 Å².